The lowest BCUT2D eigenvalue weighted by Crippen LogP contribution is -2.27. The molecule has 0 spiro atoms. The van der Waals surface area contributed by atoms with Crippen LogP contribution in [0.3, 0.4) is 0 Å². The summed E-state index contributed by atoms with van der Waals surface area (Å²) in [5.74, 6) is 2.17. The largest absolute Gasteiger partial charge is 0.493 e. The molecule has 0 unspecified atom stereocenters. The van der Waals surface area contributed by atoms with Crippen LogP contribution in [0, 0.1) is 6.92 Å². The van der Waals surface area contributed by atoms with Gasteiger partial charge in [0.1, 0.15) is 10.1 Å². The lowest BCUT2D eigenvalue weighted by atomic mass is 10.0. The van der Waals surface area contributed by atoms with Gasteiger partial charge in [0.15, 0.2) is 11.5 Å². The van der Waals surface area contributed by atoms with Gasteiger partial charge in [-0.05, 0) is 60.7 Å². The molecule has 1 amide bonds. The molecule has 1 aliphatic rings. The zero-order valence-corrected chi connectivity index (χ0v) is 23.5. The highest BCUT2D eigenvalue weighted by Gasteiger charge is 2.31. The predicted octanol–water partition coefficient (Wildman–Crippen LogP) is 7.41. The van der Waals surface area contributed by atoms with Gasteiger partial charge in [0.2, 0.25) is 0 Å². The van der Waals surface area contributed by atoms with Gasteiger partial charge in [-0.2, -0.15) is 0 Å². The Bertz CT molecular complexity index is 1160. The number of carbonyl (C=O) groups excluding carboxylic acids is 1. The van der Waals surface area contributed by atoms with Crippen LogP contribution in [0.5, 0.6) is 17.2 Å². The van der Waals surface area contributed by atoms with Gasteiger partial charge in [0.05, 0.1) is 29.7 Å². The summed E-state index contributed by atoms with van der Waals surface area (Å²) >= 11 is 13.1. The Kier molecular flexibility index (Phi) is 10.3. The van der Waals surface area contributed by atoms with Crippen LogP contribution >= 0.6 is 35.6 Å². The maximum Gasteiger partial charge on any atom is 0.266 e. The van der Waals surface area contributed by atoms with Crippen molar-refractivity contribution in [2.75, 3.05) is 26.4 Å². The van der Waals surface area contributed by atoms with Crippen LogP contribution in [-0.2, 0) is 4.79 Å². The first kappa shape index (κ1) is 28.1. The zero-order chi connectivity index (χ0) is 26.2. The maximum absolute atomic E-state index is 12.7. The first-order chi connectivity index (χ1) is 17.2. The number of nitrogens with zero attached hydrogens (tertiary/aromatic N) is 1. The van der Waals surface area contributed by atoms with Crippen molar-refractivity contribution in [1.82, 2.24) is 4.90 Å². The third kappa shape index (κ3) is 7.05. The summed E-state index contributed by atoms with van der Waals surface area (Å²) in [6, 6.07) is 9.89. The number of rotatable bonds is 12. The van der Waals surface area contributed by atoms with Gasteiger partial charge in [0.25, 0.3) is 5.91 Å². The number of hydrogen-bond donors (Lipinski definition) is 0. The van der Waals surface area contributed by atoms with E-state index in [0.29, 0.717) is 64.5 Å². The van der Waals surface area contributed by atoms with Crippen LogP contribution in [0.25, 0.3) is 6.08 Å². The smallest absolute Gasteiger partial charge is 0.266 e. The monoisotopic (exact) mass is 545 g/mol. The van der Waals surface area contributed by atoms with Gasteiger partial charge in [-0.25, -0.2) is 0 Å². The van der Waals surface area contributed by atoms with Gasteiger partial charge < -0.3 is 14.2 Å². The maximum atomic E-state index is 12.7. The Morgan fingerprint density at radius 3 is 2.58 bits per heavy atom. The van der Waals surface area contributed by atoms with Crippen LogP contribution < -0.4 is 14.2 Å². The lowest BCUT2D eigenvalue weighted by Gasteiger charge is -2.16. The Morgan fingerprint density at radius 2 is 1.89 bits per heavy atom. The van der Waals surface area contributed by atoms with Crippen LogP contribution in [-0.4, -0.2) is 41.5 Å². The summed E-state index contributed by atoms with van der Waals surface area (Å²) in [6.45, 7) is 13.7. The molecule has 5 nitrogen and oxygen atoms in total. The minimum absolute atomic E-state index is 0.145. The third-order valence-electron chi connectivity index (χ3n) is 5.40. The second kappa shape index (κ2) is 13.2. The normalized spacial score (nSPS) is 14.6. The molecule has 0 radical (unpaired) electrons. The van der Waals surface area contributed by atoms with E-state index in [1.807, 2.05) is 13.0 Å². The Morgan fingerprint density at radius 1 is 1.14 bits per heavy atom. The summed E-state index contributed by atoms with van der Waals surface area (Å²) in [5, 5.41) is 0.412. The van der Waals surface area contributed by atoms with E-state index in [1.165, 1.54) is 27.8 Å². The van der Waals surface area contributed by atoms with Crippen molar-refractivity contribution < 1.29 is 19.0 Å². The summed E-state index contributed by atoms with van der Waals surface area (Å²) in [4.78, 5) is 14.7. The average Bonchev–Trinajstić information content (AvgIpc) is 3.08. The highest BCUT2D eigenvalue weighted by atomic mass is 35.5. The first-order valence-corrected chi connectivity index (χ1v) is 13.5. The highest BCUT2D eigenvalue weighted by molar-refractivity contribution is 8.26. The molecule has 0 atom stereocenters. The van der Waals surface area contributed by atoms with E-state index in [0.717, 1.165) is 11.3 Å². The zero-order valence-electron chi connectivity index (χ0n) is 21.1. The topological polar surface area (TPSA) is 48.0 Å². The fourth-order valence-electron chi connectivity index (χ4n) is 3.67. The van der Waals surface area contributed by atoms with E-state index >= 15 is 0 Å². The van der Waals surface area contributed by atoms with Gasteiger partial charge in [-0.15, -0.1) is 6.58 Å². The van der Waals surface area contributed by atoms with Gasteiger partial charge in [-0.3, -0.25) is 9.69 Å². The fraction of sp³-hybridized carbons (Fsp3) is 0.357. The summed E-state index contributed by atoms with van der Waals surface area (Å²) in [7, 11) is 0. The van der Waals surface area contributed by atoms with Crippen molar-refractivity contribution in [2.24, 2.45) is 0 Å². The summed E-state index contributed by atoms with van der Waals surface area (Å²) in [5.41, 5.74) is 3.10. The van der Waals surface area contributed by atoms with E-state index < -0.39 is 0 Å². The molecule has 3 rings (SSSR count). The van der Waals surface area contributed by atoms with Crippen molar-refractivity contribution >= 4 is 51.9 Å². The molecule has 1 aliphatic heterocycles. The van der Waals surface area contributed by atoms with E-state index in [4.69, 9.17) is 38.0 Å². The number of carbonyl (C=O) groups is 1. The Labute approximate surface area is 228 Å². The second-order valence-corrected chi connectivity index (χ2v) is 10.7. The molecule has 192 valence electrons. The van der Waals surface area contributed by atoms with Gasteiger partial charge in [-0.1, -0.05) is 67.6 Å². The van der Waals surface area contributed by atoms with Crippen LogP contribution in [0.15, 0.2) is 47.9 Å². The first-order valence-electron chi connectivity index (χ1n) is 11.9. The number of benzene rings is 2. The van der Waals surface area contributed by atoms with Gasteiger partial charge in [0, 0.05) is 13.0 Å². The standard InChI is InChI=1S/C28H32ClNO4S2/c1-6-11-30-27(31)25(36-28(30)35)17-20-15-22(29)26(24(16-20)32-7-2)34-13-8-12-33-23-14-19(5)9-10-21(23)18(3)4/h6,9-10,14-18H,1,7-8,11-13H2,2-5H3/b25-17+. The SMILES string of the molecule is C=CCN1C(=O)/C(=C\c2cc(Cl)c(OCCCOc3cc(C)ccc3C(C)C)c(OCC)c2)SC1=S. The molecule has 36 heavy (non-hydrogen) atoms. The van der Waals surface area contributed by atoms with Crippen molar-refractivity contribution in [3.8, 4) is 17.2 Å². The fourth-order valence-corrected chi connectivity index (χ4v) is 5.22. The predicted molar refractivity (Wildman–Crippen MR) is 154 cm³/mol. The average molecular weight is 546 g/mol. The lowest BCUT2D eigenvalue weighted by molar-refractivity contribution is -0.121. The molecule has 2 aromatic carbocycles. The molecule has 0 bridgehead atoms. The van der Waals surface area contributed by atoms with Crippen LogP contribution in [0.1, 0.15) is 49.8 Å². The van der Waals surface area contributed by atoms with Gasteiger partial charge >= 0.3 is 0 Å². The minimum atomic E-state index is -0.145. The second-order valence-electron chi connectivity index (χ2n) is 8.59. The number of amides is 1. The van der Waals surface area contributed by atoms with Crippen molar-refractivity contribution in [2.45, 2.75) is 40.0 Å². The van der Waals surface area contributed by atoms with Crippen LogP contribution in [0.4, 0.5) is 0 Å². The summed E-state index contributed by atoms with van der Waals surface area (Å²) < 4.78 is 18.4. The minimum Gasteiger partial charge on any atom is -0.493 e. The Balaban J connectivity index is 1.67. The molecular weight excluding hydrogens is 514 g/mol. The molecule has 0 saturated carbocycles. The van der Waals surface area contributed by atoms with E-state index in [1.54, 1.807) is 18.2 Å². The summed E-state index contributed by atoms with van der Waals surface area (Å²) in [6.07, 6.45) is 4.10. The molecule has 2 aromatic rings. The number of aryl methyl sites for hydroxylation is 1. The molecule has 0 aliphatic carbocycles. The van der Waals surface area contributed by atoms with Crippen molar-refractivity contribution in [3.05, 3.63) is 69.6 Å². The molecule has 0 N–H and O–H groups in total. The number of thiocarbonyl (C=S) groups is 1. The van der Waals surface area contributed by atoms with Crippen molar-refractivity contribution in [1.29, 1.82) is 0 Å². The number of thioether (sulfide) groups is 1. The van der Waals surface area contributed by atoms with E-state index in [9.17, 15) is 4.79 Å². The third-order valence-corrected chi connectivity index (χ3v) is 7.06. The number of halogens is 1. The van der Waals surface area contributed by atoms with Crippen molar-refractivity contribution in [3.63, 3.8) is 0 Å². The molecule has 8 heteroatoms. The van der Waals surface area contributed by atoms with Crippen LogP contribution in [0.2, 0.25) is 5.02 Å². The number of hydrogen-bond acceptors (Lipinski definition) is 6. The molecule has 1 heterocycles. The molecular formula is C28H32ClNO4S2. The number of ether oxygens (including phenoxy) is 3. The molecule has 0 aromatic heterocycles. The molecule has 1 saturated heterocycles. The van der Waals surface area contributed by atoms with E-state index in [2.05, 4.69) is 45.5 Å². The quantitative estimate of drug-likeness (QED) is 0.120. The van der Waals surface area contributed by atoms with E-state index in [-0.39, 0.29) is 5.91 Å². The highest BCUT2D eigenvalue weighted by Crippen LogP contribution is 2.39. The molecule has 1 fully saturated rings. The Hall–Kier alpha value is -2.48.